The second kappa shape index (κ2) is 8.71. The first kappa shape index (κ1) is 22.8. The van der Waals surface area contributed by atoms with Crippen LogP contribution >= 0.6 is 0 Å². The molecule has 0 bridgehead atoms. The van der Waals surface area contributed by atoms with Crippen molar-refractivity contribution < 1.29 is 14.7 Å². The minimum atomic E-state index is -0.766. The minimum Gasteiger partial charge on any atom is -0.481 e. The molecule has 3 saturated carbocycles. The van der Waals surface area contributed by atoms with Gasteiger partial charge in [-0.3, -0.25) is 9.59 Å². The molecular formula is C26H44O3. The number of ketones is 1. The monoisotopic (exact) mass is 404 g/mol. The van der Waals surface area contributed by atoms with Gasteiger partial charge in [0, 0.05) is 18.3 Å². The highest BCUT2D eigenvalue weighted by atomic mass is 16.4. The van der Waals surface area contributed by atoms with Gasteiger partial charge in [-0.25, -0.2) is 0 Å². The van der Waals surface area contributed by atoms with Crippen LogP contribution in [0.25, 0.3) is 0 Å². The maximum atomic E-state index is 12.9. The molecule has 166 valence electrons. The van der Waals surface area contributed by atoms with E-state index in [1.165, 1.54) is 38.5 Å². The number of rotatable bonds is 8. The van der Waals surface area contributed by atoms with Gasteiger partial charge in [0.05, 0.1) is 0 Å². The lowest BCUT2D eigenvalue weighted by Crippen LogP contribution is -2.52. The minimum absolute atomic E-state index is 0.128. The second-order valence-electron chi connectivity index (χ2n) is 11.7. The van der Waals surface area contributed by atoms with Gasteiger partial charge in [-0.05, 0) is 79.4 Å². The average molecular weight is 405 g/mol. The van der Waals surface area contributed by atoms with Crippen LogP contribution in [0.4, 0.5) is 0 Å². The number of carboxylic acids is 1. The Morgan fingerprint density at radius 3 is 2.45 bits per heavy atom. The molecule has 0 amide bonds. The Hall–Kier alpha value is -0.860. The maximum Gasteiger partial charge on any atom is 0.303 e. The molecule has 0 aliphatic heterocycles. The summed E-state index contributed by atoms with van der Waals surface area (Å²) in [5.74, 6) is 3.74. The molecule has 0 aromatic heterocycles. The van der Waals surface area contributed by atoms with Gasteiger partial charge >= 0.3 is 5.97 Å². The van der Waals surface area contributed by atoms with Gasteiger partial charge in [0.15, 0.2) is 0 Å². The first-order valence-electron chi connectivity index (χ1n) is 12.3. The summed E-state index contributed by atoms with van der Waals surface area (Å²) < 4.78 is 0. The number of carbonyl (C=O) groups is 2. The Morgan fingerprint density at radius 2 is 1.79 bits per heavy atom. The number of aliphatic carboxylic acids is 1. The van der Waals surface area contributed by atoms with Crippen molar-refractivity contribution >= 4 is 11.8 Å². The normalized spacial score (nSPS) is 40.6. The number of carbonyl (C=O) groups excluding carboxylic acids is 1. The molecule has 0 heterocycles. The van der Waals surface area contributed by atoms with Crippen LogP contribution in [0.1, 0.15) is 105 Å². The van der Waals surface area contributed by atoms with Gasteiger partial charge in [-0.15, -0.1) is 0 Å². The SMILES string of the molecule is CC(C)CCC[C@@H](C)[C@H]1CCC2C3CCC(=O)[C@](C)(CCC(=O)O)C3CC[C@@]21C. The molecule has 1 N–H and O–H groups in total. The lowest BCUT2D eigenvalue weighted by molar-refractivity contribution is -0.148. The molecule has 0 aromatic rings. The van der Waals surface area contributed by atoms with Crippen molar-refractivity contribution in [1.82, 2.24) is 0 Å². The summed E-state index contributed by atoms with van der Waals surface area (Å²) >= 11 is 0. The van der Waals surface area contributed by atoms with E-state index < -0.39 is 11.4 Å². The van der Waals surface area contributed by atoms with E-state index in [0.717, 1.165) is 36.5 Å². The molecular weight excluding hydrogens is 360 g/mol. The first-order chi connectivity index (χ1) is 13.6. The van der Waals surface area contributed by atoms with Crippen molar-refractivity contribution in [2.75, 3.05) is 0 Å². The van der Waals surface area contributed by atoms with Crippen LogP contribution in [0.3, 0.4) is 0 Å². The molecule has 3 aliphatic rings. The Kier molecular flexibility index (Phi) is 6.85. The van der Waals surface area contributed by atoms with Gasteiger partial charge in [-0.1, -0.05) is 53.9 Å². The van der Waals surface area contributed by atoms with E-state index in [-0.39, 0.29) is 6.42 Å². The van der Waals surface area contributed by atoms with Crippen LogP contribution in [0, 0.1) is 46.3 Å². The summed E-state index contributed by atoms with van der Waals surface area (Å²) in [5.41, 5.74) is 0.0100. The van der Waals surface area contributed by atoms with E-state index in [0.29, 0.717) is 35.9 Å². The van der Waals surface area contributed by atoms with Crippen LogP contribution in [0.15, 0.2) is 0 Å². The van der Waals surface area contributed by atoms with Crippen molar-refractivity contribution in [3.8, 4) is 0 Å². The topological polar surface area (TPSA) is 54.4 Å². The van der Waals surface area contributed by atoms with E-state index in [9.17, 15) is 14.7 Å². The molecule has 3 rings (SSSR count). The molecule has 3 fully saturated rings. The molecule has 0 spiro atoms. The number of hydrogen-bond donors (Lipinski definition) is 1. The quantitative estimate of drug-likeness (QED) is 0.487. The fourth-order valence-electron chi connectivity index (χ4n) is 7.99. The van der Waals surface area contributed by atoms with Crippen molar-refractivity contribution in [1.29, 1.82) is 0 Å². The summed E-state index contributed by atoms with van der Waals surface area (Å²) in [7, 11) is 0. The lowest BCUT2D eigenvalue weighted by atomic mass is 9.48. The number of fused-ring (bicyclic) bond motifs is 3. The van der Waals surface area contributed by atoms with Crippen molar-refractivity contribution in [3.05, 3.63) is 0 Å². The van der Waals surface area contributed by atoms with Crippen molar-refractivity contribution in [2.24, 2.45) is 46.3 Å². The van der Waals surface area contributed by atoms with Crippen molar-refractivity contribution in [2.45, 2.75) is 105 Å². The molecule has 3 heteroatoms. The first-order valence-corrected chi connectivity index (χ1v) is 12.3. The van der Waals surface area contributed by atoms with Crippen LogP contribution < -0.4 is 0 Å². The van der Waals surface area contributed by atoms with Crippen molar-refractivity contribution in [3.63, 3.8) is 0 Å². The maximum absolute atomic E-state index is 12.9. The van der Waals surface area contributed by atoms with Crippen LogP contribution in [0.5, 0.6) is 0 Å². The fraction of sp³-hybridized carbons (Fsp3) is 0.923. The third kappa shape index (κ3) is 4.30. The van der Waals surface area contributed by atoms with E-state index >= 15 is 0 Å². The summed E-state index contributed by atoms with van der Waals surface area (Å²) in [6.45, 7) is 11.8. The smallest absolute Gasteiger partial charge is 0.303 e. The van der Waals surface area contributed by atoms with Crippen LogP contribution in [-0.2, 0) is 9.59 Å². The van der Waals surface area contributed by atoms with E-state index in [1.54, 1.807) is 0 Å². The predicted octanol–water partition coefficient (Wildman–Crippen LogP) is 6.74. The molecule has 0 saturated heterocycles. The second-order valence-corrected chi connectivity index (χ2v) is 11.7. The number of hydrogen-bond acceptors (Lipinski definition) is 2. The van der Waals surface area contributed by atoms with E-state index in [2.05, 4.69) is 34.6 Å². The molecule has 7 atom stereocenters. The lowest BCUT2D eigenvalue weighted by Gasteiger charge is -2.56. The van der Waals surface area contributed by atoms with Gasteiger partial charge in [-0.2, -0.15) is 0 Å². The third-order valence-corrected chi connectivity index (χ3v) is 9.66. The van der Waals surface area contributed by atoms with Gasteiger partial charge in [0.1, 0.15) is 5.78 Å². The summed E-state index contributed by atoms with van der Waals surface area (Å²) in [6, 6.07) is 0. The number of Topliss-reactive ketones (excluding diaryl/α,β-unsaturated/α-hetero) is 1. The fourth-order valence-corrected chi connectivity index (χ4v) is 7.99. The Morgan fingerprint density at radius 1 is 1.07 bits per heavy atom. The summed E-state index contributed by atoms with van der Waals surface area (Å²) in [4.78, 5) is 24.1. The molecule has 0 radical (unpaired) electrons. The summed E-state index contributed by atoms with van der Waals surface area (Å²) in [5, 5.41) is 9.22. The van der Waals surface area contributed by atoms with Crippen LogP contribution in [-0.4, -0.2) is 16.9 Å². The summed E-state index contributed by atoms with van der Waals surface area (Å²) in [6.07, 6.45) is 11.4. The molecule has 3 aliphatic carbocycles. The average Bonchev–Trinajstić information content (AvgIpc) is 3.00. The predicted molar refractivity (Wildman–Crippen MR) is 118 cm³/mol. The zero-order chi connectivity index (χ0) is 21.4. The van der Waals surface area contributed by atoms with Gasteiger partial charge < -0.3 is 5.11 Å². The van der Waals surface area contributed by atoms with E-state index in [1.807, 2.05) is 0 Å². The molecule has 0 aromatic carbocycles. The standard InChI is InChI=1S/C26H44O3/c1-17(2)7-6-8-18(3)20-10-11-21-19-9-12-23(27)26(5,16-14-24(28)29)22(19)13-15-25(20,21)4/h17-22H,6-16H2,1-5H3,(H,28,29)/t18-,19?,20-,21?,22?,25-,26-/m1/s1. The highest BCUT2D eigenvalue weighted by Gasteiger charge is 2.59. The number of carboxylic acid groups (broad SMARTS) is 1. The highest BCUT2D eigenvalue weighted by Crippen LogP contribution is 2.65. The van der Waals surface area contributed by atoms with Crippen LogP contribution in [0.2, 0.25) is 0 Å². The van der Waals surface area contributed by atoms with Gasteiger partial charge in [0.2, 0.25) is 0 Å². The molecule has 29 heavy (non-hydrogen) atoms. The largest absolute Gasteiger partial charge is 0.481 e. The van der Waals surface area contributed by atoms with E-state index in [4.69, 9.17) is 0 Å². The third-order valence-electron chi connectivity index (χ3n) is 9.66. The molecule has 3 unspecified atom stereocenters. The Bertz CT molecular complexity index is 611. The zero-order valence-corrected chi connectivity index (χ0v) is 19.5. The Balaban J connectivity index is 1.73. The van der Waals surface area contributed by atoms with Gasteiger partial charge in [0.25, 0.3) is 0 Å². The Labute approximate surface area is 178 Å². The highest BCUT2D eigenvalue weighted by molar-refractivity contribution is 5.86. The molecule has 3 nitrogen and oxygen atoms in total. The zero-order valence-electron chi connectivity index (χ0n) is 19.5.